The maximum Gasteiger partial charge on any atom is 0.233 e. The summed E-state index contributed by atoms with van der Waals surface area (Å²) in [5.41, 5.74) is 2.69. The summed E-state index contributed by atoms with van der Waals surface area (Å²) >= 11 is 7.53. The summed E-state index contributed by atoms with van der Waals surface area (Å²) in [6.07, 6.45) is 0. The van der Waals surface area contributed by atoms with Crippen molar-refractivity contribution in [1.29, 1.82) is 0 Å². The van der Waals surface area contributed by atoms with Gasteiger partial charge in [0.2, 0.25) is 5.91 Å². The Balaban J connectivity index is 1.29. The standard InChI is InChI=1S/C23H25ClFN5OS/c1-16-6-8-17(9-7-16)22-26-27-23(28(22)2)32-15-21(31)30-12-10-29(11-13-30)14-18-19(24)4-3-5-20(18)25/h3-9H,10-15H2,1-2H3. The van der Waals surface area contributed by atoms with Gasteiger partial charge in [-0.05, 0) is 19.1 Å². The Hall–Kier alpha value is -2.42. The molecule has 1 saturated heterocycles. The molecule has 2 heterocycles. The van der Waals surface area contributed by atoms with Gasteiger partial charge in [-0.25, -0.2) is 4.39 Å². The van der Waals surface area contributed by atoms with Gasteiger partial charge in [0.15, 0.2) is 11.0 Å². The van der Waals surface area contributed by atoms with Gasteiger partial charge < -0.3 is 9.47 Å². The third-order valence-electron chi connectivity index (χ3n) is 5.64. The SMILES string of the molecule is Cc1ccc(-c2nnc(SCC(=O)N3CCN(Cc4c(F)cccc4Cl)CC3)n2C)cc1. The van der Waals surface area contributed by atoms with E-state index in [9.17, 15) is 9.18 Å². The summed E-state index contributed by atoms with van der Waals surface area (Å²) < 4.78 is 16.0. The van der Waals surface area contributed by atoms with Crippen LogP contribution in [0.4, 0.5) is 4.39 Å². The second-order valence-corrected chi connectivity index (χ2v) is 9.23. The molecular weight excluding hydrogens is 449 g/mol. The molecule has 1 aliphatic heterocycles. The minimum absolute atomic E-state index is 0.0680. The average Bonchev–Trinajstić information content (AvgIpc) is 3.16. The van der Waals surface area contributed by atoms with E-state index in [0.717, 1.165) is 11.4 Å². The molecule has 0 saturated carbocycles. The third kappa shape index (κ3) is 5.14. The summed E-state index contributed by atoms with van der Waals surface area (Å²) in [6, 6.07) is 12.9. The van der Waals surface area contributed by atoms with Gasteiger partial charge in [0.25, 0.3) is 0 Å². The maximum atomic E-state index is 14.0. The van der Waals surface area contributed by atoms with Gasteiger partial charge in [-0.3, -0.25) is 9.69 Å². The van der Waals surface area contributed by atoms with Crippen LogP contribution in [0.5, 0.6) is 0 Å². The van der Waals surface area contributed by atoms with Crippen molar-refractivity contribution >= 4 is 29.3 Å². The molecule has 0 radical (unpaired) electrons. The Labute approximate surface area is 196 Å². The van der Waals surface area contributed by atoms with Crippen molar-refractivity contribution < 1.29 is 9.18 Å². The number of benzene rings is 2. The van der Waals surface area contributed by atoms with E-state index in [0.29, 0.717) is 54.2 Å². The van der Waals surface area contributed by atoms with Crippen LogP contribution < -0.4 is 0 Å². The number of carbonyl (C=O) groups is 1. The first-order valence-corrected chi connectivity index (χ1v) is 11.8. The Morgan fingerprint density at radius 2 is 1.81 bits per heavy atom. The summed E-state index contributed by atoms with van der Waals surface area (Å²) in [6.45, 7) is 5.08. The number of rotatable bonds is 6. The molecule has 0 unspecified atom stereocenters. The van der Waals surface area contributed by atoms with Crippen LogP contribution in [0.25, 0.3) is 11.4 Å². The summed E-state index contributed by atoms with van der Waals surface area (Å²) in [5.74, 6) is 0.860. The Morgan fingerprint density at radius 3 is 2.50 bits per heavy atom. The second kappa shape index (κ2) is 10.0. The quantitative estimate of drug-likeness (QED) is 0.506. The number of hydrogen-bond donors (Lipinski definition) is 0. The number of aromatic nitrogens is 3. The summed E-state index contributed by atoms with van der Waals surface area (Å²) in [5, 5.41) is 9.69. The van der Waals surface area contributed by atoms with Gasteiger partial charge in [0.1, 0.15) is 5.82 Å². The van der Waals surface area contributed by atoms with E-state index in [1.54, 1.807) is 12.1 Å². The fourth-order valence-electron chi connectivity index (χ4n) is 3.67. The first-order chi connectivity index (χ1) is 15.4. The van der Waals surface area contributed by atoms with Gasteiger partial charge in [-0.1, -0.05) is 59.3 Å². The van der Waals surface area contributed by atoms with Crippen molar-refractivity contribution in [1.82, 2.24) is 24.6 Å². The van der Waals surface area contributed by atoms with Crippen LogP contribution in [0.1, 0.15) is 11.1 Å². The lowest BCUT2D eigenvalue weighted by molar-refractivity contribution is -0.130. The number of halogens is 2. The van der Waals surface area contributed by atoms with Crippen molar-refractivity contribution in [2.75, 3.05) is 31.9 Å². The number of thioether (sulfide) groups is 1. The molecule has 4 rings (SSSR count). The zero-order valence-electron chi connectivity index (χ0n) is 18.1. The zero-order chi connectivity index (χ0) is 22.7. The van der Waals surface area contributed by atoms with Crippen molar-refractivity contribution in [2.24, 2.45) is 7.05 Å². The predicted octanol–water partition coefficient (Wildman–Crippen LogP) is 4.02. The lowest BCUT2D eigenvalue weighted by Crippen LogP contribution is -2.48. The van der Waals surface area contributed by atoms with Crippen LogP contribution in [0, 0.1) is 12.7 Å². The number of nitrogens with zero attached hydrogens (tertiary/aromatic N) is 5. The minimum atomic E-state index is -0.291. The molecule has 0 spiro atoms. The molecule has 168 valence electrons. The van der Waals surface area contributed by atoms with Crippen molar-refractivity contribution in [3.05, 3.63) is 64.4 Å². The fraction of sp³-hybridized carbons (Fsp3) is 0.348. The van der Waals surface area contributed by atoms with E-state index in [1.807, 2.05) is 47.7 Å². The Kier molecular flexibility index (Phi) is 7.13. The Bertz CT molecular complexity index is 1080. The van der Waals surface area contributed by atoms with Crippen molar-refractivity contribution in [3.8, 4) is 11.4 Å². The third-order valence-corrected chi connectivity index (χ3v) is 7.00. The number of piperazine rings is 1. The molecule has 0 bridgehead atoms. The first-order valence-electron chi connectivity index (χ1n) is 10.4. The van der Waals surface area contributed by atoms with Crippen LogP contribution in [0.15, 0.2) is 47.6 Å². The smallest absolute Gasteiger partial charge is 0.233 e. The molecule has 1 fully saturated rings. The lowest BCUT2D eigenvalue weighted by Gasteiger charge is -2.34. The van der Waals surface area contributed by atoms with Crippen molar-refractivity contribution in [2.45, 2.75) is 18.6 Å². The van der Waals surface area contributed by atoms with E-state index < -0.39 is 0 Å². The molecule has 0 atom stereocenters. The van der Waals surface area contributed by atoms with E-state index in [-0.39, 0.29) is 11.7 Å². The lowest BCUT2D eigenvalue weighted by atomic mass is 10.1. The fourth-order valence-corrected chi connectivity index (χ4v) is 4.71. The van der Waals surface area contributed by atoms with Crippen LogP contribution in [0.3, 0.4) is 0 Å². The van der Waals surface area contributed by atoms with Gasteiger partial charge in [-0.15, -0.1) is 10.2 Å². The normalized spacial score (nSPS) is 14.7. The molecule has 0 N–H and O–H groups in total. The predicted molar refractivity (Wildman–Crippen MR) is 125 cm³/mol. The van der Waals surface area contributed by atoms with E-state index in [4.69, 9.17) is 11.6 Å². The molecule has 6 nitrogen and oxygen atoms in total. The zero-order valence-corrected chi connectivity index (χ0v) is 19.7. The Morgan fingerprint density at radius 1 is 1.09 bits per heavy atom. The van der Waals surface area contributed by atoms with E-state index >= 15 is 0 Å². The van der Waals surface area contributed by atoms with Gasteiger partial charge in [-0.2, -0.15) is 0 Å². The van der Waals surface area contributed by atoms with Crippen molar-refractivity contribution in [3.63, 3.8) is 0 Å². The molecule has 9 heteroatoms. The van der Waals surface area contributed by atoms with Crippen LogP contribution in [-0.2, 0) is 18.4 Å². The highest BCUT2D eigenvalue weighted by molar-refractivity contribution is 7.99. The molecule has 1 amide bonds. The molecule has 0 aliphatic carbocycles. The second-order valence-electron chi connectivity index (χ2n) is 7.88. The first kappa shape index (κ1) is 22.8. The van der Waals surface area contributed by atoms with Gasteiger partial charge >= 0.3 is 0 Å². The topological polar surface area (TPSA) is 54.3 Å². The summed E-state index contributed by atoms with van der Waals surface area (Å²) in [7, 11) is 1.91. The molecule has 1 aliphatic rings. The molecular formula is C23H25ClFN5OS. The van der Waals surface area contributed by atoms with Crippen LogP contribution >= 0.6 is 23.4 Å². The number of carbonyl (C=O) groups excluding carboxylic acids is 1. The van der Waals surface area contributed by atoms with Gasteiger partial charge in [0, 0.05) is 55.9 Å². The van der Waals surface area contributed by atoms with Crippen LogP contribution in [0.2, 0.25) is 5.02 Å². The highest BCUT2D eigenvalue weighted by Crippen LogP contribution is 2.24. The van der Waals surface area contributed by atoms with E-state index in [1.165, 1.54) is 23.4 Å². The van der Waals surface area contributed by atoms with E-state index in [2.05, 4.69) is 15.1 Å². The summed E-state index contributed by atoms with van der Waals surface area (Å²) in [4.78, 5) is 16.7. The number of hydrogen-bond acceptors (Lipinski definition) is 5. The molecule has 3 aromatic rings. The molecule has 2 aromatic carbocycles. The van der Waals surface area contributed by atoms with Gasteiger partial charge in [0.05, 0.1) is 5.75 Å². The average molecular weight is 474 g/mol. The monoisotopic (exact) mass is 473 g/mol. The van der Waals surface area contributed by atoms with Crippen LogP contribution in [-0.4, -0.2) is 62.4 Å². The number of aryl methyl sites for hydroxylation is 1. The maximum absolute atomic E-state index is 14.0. The highest BCUT2D eigenvalue weighted by Gasteiger charge is 2.23. The largest absolute Gasteiger partial charge is 0.339 e. The molecule has 1 aromatic heterocycles. The highest BCUT2D eigenvalue weighted by atomic mass is 35.5. The molecule has 32 heavy (non-hydrogen) atoms. The number of amides is 1. The minimum Gasteiger partial charge on any atom is -0.339 e.